The van der Waals surface area contributed by atoms with Crippen molar-refractivity contribution in [3.63, 3.8) is 0 Å². The lowest BCUT2D eigenvalue weighted by atomic mass is 10.1. The Balaban J connectivity index is 1.25. The van der Waals surface area contributed by atoms with Gasteiger partial charge in [-0.05, 0) is 54.8 Å². The van der Waals surface area contributed by atoms with E-state index in [4.69, 9.17) is 9.47 Å². The number of rotatable bonds is 8. The van der Waals surface area contributed by atoms with Crippen molar-refractivity contribution in [1.29, 1.82) is 0 Å². The van der Waals surface area contributed by atoms with Crippen molar-refractivity contribution in [3.05, 3.63) is 78.0 Å². The van der Waals surface area contributed by atoms with Crippen LogP contribution in [0.2, 0.25) is 0 Å². The van der Waals surface area contributed by atoms with Crippen LogP contribution in [0.4, 0.5) is 0 Å². The van der Waals surface area contributed by atoms with Gasteiger partial charge in [0, 0.05) is 49.9 Å². The number of ether oxygens (including phenoxy) is 2. The molecule has 8 heteroatoms. The Morgan fingerprint density at radius 3 is 2.71 bits per heavy atom. The van der Waals surface area contributed by atoms with Crippen molar-refractivity contribution in [2.75, 3.05) is 33.4 Å². The number of likely N-dealkylation sites (tertiary alicyclic amines) is 1. The summed E-state index contributed by atoms with van der Waals surface area (Å²) in [5, 5.41) is 1.00. The van der Waals surface area contributed by atoms with E-state index in [1.54, 1.807) is 19.5 Å². The average molecular weight is 472 g/mol. The van der Waals surface area contributed by atoms with Crippen molar-refractivity contribution >= 4 is 16.8 Å². The molecule has 0 aliphatic carbocycles. The standard InChI is InChI=1S/C27H29N5O3/c1-34-14-15-35-21-8-12-32(13-9-21)27(33)25-18-20-16-19(5-6-22(20)30-25)17-26-29-11-7-24(31-26)23-4-2-3-10-28-23/h2-7,10-11,16,18,21,30H,8-9,12-15,17H2,1H3. The van der Waals surface area contributed by atoms with Crippen molar-refractivity contribution in [2.24, 2.45) is 0 Å². The smallest absolute Gasteiger partial charge is 0.270 e. The minimum Gasteiger partial charge on any atom is -0.382 e. The Labute approximate surface area is 204 Å². The Morgan fingerprint density at radius 2 is 1.91 bits per heavy atom. The summed E-state index contributed by atoms with van der Waals surface area (Å²) < 4.78 is 10.9. The summed E-state index contributed by atoms with van der Waals surface area (Å²) in [6.45, 7) is 2.58. The molecule has 180 valence electrons. The number of H-pyrrole nitrogens is 1. The molecule has 3 aromatic heterocycles. The fourth-order valence-corrected chi connectivity index (χ4v) is 4.43. The van der Waals surface area contributed by atoms with E-state index in [0.29, 0.717) is 38.4 Å². The predicted molar refractivity (Wildman–Crippen MR) is 133 cm³/mol. The lowest BCUT2D eigenvalue weighted by Gasteiger charge is -2.31. The second-order valence-corrected chi connectivity index (χ2v) is 8.71. The van der Waals surface area contributed by atoms with E-state index in [0.717, 1.165) is 46.5 Å². The number of fused-ring (bicyclic) bond motifs is 1. The van der Waals surface area contributed by atoms with Crippen LogP contribution < -0.4 is 0 Å². The number of amides is 1. The van der Waals surface area contributed by atoms with E-state index in [1.807, 2.05) is 47.4 Å². The quantitative estimate of drug-likeness (QED) is 0.392. The second kappa shape index (κ2) is 10.8. The summed E-state index contributed by atoms with van der Waals surface area (Å²) in [4.78, 5) is 31.8. The second-order valence-electron chi connectivity index (χ2n) is 8.71. The maximum Gasteiger partial charge on any atom is 0.270 e. The van der Waals surface area contributed by atoms with Crippen LogP contribution >= 0.6 is 0 Å². The third kappa shape index (κ3) is 5.55. The van der Waals surface area contributed by atoms with Gasteiger partial charge in [-0.25, -0.2) is 9.97 Å². The lowest BCUT2D eigenvalue weighted by Crippen LogP contribution is -2.41. The summed E-state index contributed by atoms with van der Waals surface area (Å²) in [6.07, 6.45) is 6.01. The van der Waals surface area contributed by atoms with E-state index in [-0.39, 0.29) is 12.0 Å². The number of benzene rings is 1. The summed E-state index contributed by atoms with van der Waals surface area (Å²) >= 11 is 0. The SMILES string of the molecule is COCCOC1CCN(C(=O)c2cc3cc(Cc4nccc(-c5ccccn5)n4)ccc3[nH]2)CC1. The maximum atomic E-state index is 13.1. The van der Waals surface area contributed by atoms with Gasteiger partial charge in [0.25, 0.3) is 5.91 Å². The molecular formula is C27H29N5O3. The van der Waals surface area contributed by atoms with Crippen molar-refractivity contribution in [2.45, 2.75) is 25.4 Å². The van der Waals surface area contributed by atoms with E-state index in [1.165, 1.54) is 0 Å². The molecule has 0 atom stereocenters. The highest BCUT2D eigenvalue weighted by molar-refractivity contribution is 5.98. The summed E-state index contributed by atoms with van der Waals surface area (Å²) in [5.74, 6) is 0.763. The molecule has 1 saturated heterocycles. The maximum absolute atomic E-state index is 13.1. The number of hydrogen-bond acceptors (Lipinski definition) is 6. The lowest BCUT2D eigenvalue weighted by molar-refractivity contribution is -0.0123. The molecule has 1 aliphatic heterocycles. The van der Waals surface area contributed by atoms with Crippen LogP contribution in [-0.2, 0) is 15.9 Å². The third-order valence-electron chi connectivity index (χ3n) is 6.28. The molecule has 4 heterocycles. The number of carbonyl (C=O) groups is 1. The Morgan fingerprint density at radius 1 is 1.03 bits per heavy atom. The number of pyridine rings is 1. The Hall–Kier alpha value is -3.62. The molecule has 0 spiro atoms. The topological polar surface area (TPSA) is 93.2 Å². The number of nitrogens with zero attached hydrogens (tertiary/aromatic N) is 4. The number of hydrogen-bond donors (Lipinski definition) is 1. The highest BCUT2D eigenvalue weighted by Crippen LogP contribution is 2.22. The van der Waals surface area contributed by atoms with Crippen molar-refractivity contribution < 1.29 is 14.3 Å². The van der Waals surface area contributed by atoms with Gasteiger partial charge in [0.2, 0.25) is 0 Å². The first kappa shape index (κ1) is 23.1. The summed E-state index contributed by atoms with van der Waals surface area (Å²) in [7, 11) is 1.67. The zero-order valence-electron chi connectivity index (χ0n) is 19.8. The van der Waals surface area contributed by atoms with Crippen molar-refractivity contribution in [3.8, 4) is 11.4 Å². The van der Waals surface area contributed by atoms with E-state index >= 15 is 0 Å². The van der Waals surface area contributed by atoms with E-state index in [2.05, 4.69) is 26.0 Å². The number of aromatic amines is 1. The molecule has 35 heavy (non-hydrogen) atoms. The molecule has 1 fully saturated rings. The van der Waals surface area contributed by atoms with E-state index < -0.39 is 0 Å². The molecule has 1 aromatic carbocycles. The van der Waals surface area contributed by atoms with Crippen LogP contribution in [0.25, 0.3) is 22.3 Å². The van der Waals surface area contributed by atoms with Gasteiger partial charge in [-0.1, -0.05) is 12.1 Å². The van der Waals surface area contributed by atoms with Crippen LogP contribution in [0.3, 0.4) is 0 Å². The molecule has 1 aliphatic rings. The van der Waals surface area contributed by atoms with E-state index in [9.17, 15) is 4.79 Å². The zero-order chi connectivity index (χ0) is 24.0. The number of piperidine rings is 1. The van der Waals surface area contributed by atoms with Gasteiger partial charge >= 0.3 is 0 Å². The number of carbonyl (C=O) groups excluding carboxylic acids is 1. The molecule has 4 aromatic rings. The van der Waals surface area contributed by atoms with Crippen LogP contribution in [0.1, 0.15) is 34.7 Å². The zero-order valence-corrected chi connectivity index (χ0v) is 19.8. The third-order valence-corrected chi connectivity index (χ3v) is 6.28. The van der Waals surface area contributed by atoms with Gasteiger partial charge in [0.05, 0.1) is 30.7 Å². The molecule has 0 saturated carbocycles. The first-order valence-electron chi connectivity index (χ1n) is 11.9. The largest absolute Gasteiger partial charge is 0.382 e. The predicted octanol–water partition coefficient (Wildman–Crippen LogP) is 3.88. The van der Waals surface area contributed by atoms with Gasteiger partial charge in [-0.2, -0.15) is 0 Å². The molecule has 0 bridgehead atoms. The number of methoxy groups -OCH3 is 1. The van der Waals surface area contributed by atoms with Crippen LogP contribution in [-0.4, -0.2) is 70.3 Å². The highest BCUT2D eigenvalue weighted by atomic mass is 16.5. The van der Waals surface area contributed by atoms with Gasteiger partial charge < -0.3 is 19.4 Å². The Kier molecular flexibility index (Phi) is 7.11. The molecule has 0 radical (unpaired) electrons. The number of aromatic nitrogens is 4. The summed E-state index contributed by atoms with van der Waals surface area (Å²) in [5.41, 5.74) is 4.27. The monoisotopic (exact) mass is 471 g/mol. The molecule has 0 unspecified atom stereocenters. The molecular weight excluding hydrogens is 442 g/mol. The van der Waals surface area contributed by atoms with Crippen molar-refractivity contribution in [1.82, 2.24) is 24.8 Å². The van der Waals surface area contributed by atoms with Crippen LogP contribution in [0, 0.1) is 0 Å². The fraction of sp³-hybridized carbons (Fsp3) is 0.333. The highest BCUT2D eigenvalue weighted by Gasteiger charge is 2.25. The first-order valence-corrected chi connectivity index (χ1v) is 11.9. The minimum atomic E-state index is 0.0319. The van der Waals surface area contributed by atoms with Gasteiger partial charge in [-0.15, -0.1) is 0 Å². The summed E-state index contributed by atoms with van der Waals surface area (Å²) in [6, 6.07) is 15.7. The van der Waals surface area contributed by atoms with Gasteiger partial charge in [-0.3, -0.25) is 9.78 Å². The minimum absolute atomic E-state index is 0.0319. The molecule has 8 nitrogen and oxygen atoms in total. The van der Waals surface area contributed by atoms with Gasteiger partial charge in [0.15, 0.2) is 0 Å². The molecule has 5 rings (SSSR count). The normalized spacial score (nSPS) is 14.5. The molecule has 1 N–H and O–H groups in total. The molecule has 1 amide bonds. The first-order chi connectivity index (χ1) is 17.2. The Bertz CT molecular complexity index is 1280. The van der Waals surface area contributed by atoms with Gasteiger partial charge in [0.1, 0.15) is 11.5 Å². The van der Waals surface area contributed by atoms with Crippen LogP contribution in [0.5, 0.6) is 0 Å². The fourth-order valence-electron chi connectivity index (χ4n) is 4.43. The van der Waals surface area contributed by atoms with Crippen LogP contribution in [0.15, 0.2) is 60.9 Å². The average Bonchev–Trinajstić information content (AvgIpc) is 3.33. The number of nitrogens with one attached hydrogen (secondary N) is 1.